The maximum Gasteiger partial charge on any atom is 0.251 e. The molecule has 1 aromatic heterocycles. The summed E-state index contributed by atoms with van der Waals surface area (Å²) < 4.78 is 10.6. The fraction of sp³-hybridized carbons (Fsp3) is 0.312. The number of benzene rings is 1. The number of furan rings is 1. The van der Waals surface area contributed by atoms with Crippen LogP contribution in [-0.4, -0.2) is 13.0 Å². The first-order valence-corrected chi connectivity index (χ1v) is 7.27. The predicted molar refractivity (Wildman–Crippen MR) is 79.9 cm³/mol. The van der Waals surface area contributed by atoms with Gasteiger partial charge in [-0.2, -0.15) is 0 Å². The van der Waals surface area contributed by atoms with Gasteiger partial charge in [0.05, 0.1) is 24.4 Å². The maximum atomic E-state index is 12.4. The molecule has 1 N–H and O–H groups in total. The molecule has 0 radical (unpaired) electrons. The average Bonchev–Trinajstić information content (AvgIpc) is 2.97. The predicted octanol–water partition coefficient (Wildman–Crippen LogP) is 3.75. The van der Waals surface area contributed by atoms with Crippen molar-refractivity contribution in [1.29, 1.82) is 0 Å². The van der Waals surface area contributed by atoms with E-state index in [4.69, 9.17) is 20.8 Å². The fourth-order valence-electron chi connectivity index (χ4n) is 2.68. The summed E-state index contributed by atoms with van der Waals surface area (Å²) in [7, 11) is 1.53. The zero-order valence-electron chi connectivity index (χ0n) is 11.7. The van der Waals surface area contributed by atoms with Crippen LogP contribution in [0.25, 0.3) is 0 Å². The lowest BCUT2D eigenvalue weighted by Crippen LogP contribution is -2.30. The largest absolute Gasteiger partial charge is 0.495 e. The van der Waals surface area contributed by atoms with Crippen LogP contribution in [0.15, 0.2) is 34.9 Å². The molecule has 0 saturated carbocycles. The smallest absolute Gasteiger partial charge is 0.251 e. The minimum atomic E-state index is -0.135. The Bertz CT molecular complexity index is 665. The average molecular weight is 306 g/mol. The molecule has 1 amide bonds. The molecule has 1 unspecified atom stereocenters. The molecule has 0 spiro atoms. The van der Waals surface area contributed by atoms with Gasteiger partial charge in [-0.25, -0.2) is 0 Å². The highest BCUT2D eigenvalue weighted by Crippen LogP contribution is 2.31. The molecular formula is C16H16ClNO3. The molecule has 0 bridgehead atoms. The summed E-state index contributed by atoms with van der Waals surface area (Å²) in [5, 5.41) is 3.54. The molecule has 5 heteroatoms. The Balaban J connectivity index is 1.79. The van der Waals surface area contributed by atoms with E-state index in [9.17, 15) is 4.79 Å². The third kappa shape index (κ3) is 2.76. The first kappa shape index (κ1) is 14.0. The van der Waals surface area contributed by atoms with Crippen LogP contribution in [0.4, 0.5) is 0 Å². The standard InChI is InChI=1S/C16H16ClNO3/c1-20-15-9-10(5-6-12(15)17)16(19)18-13-3-2-4-14-11(13)7-8-21-14/h5-9,13H,2-4H2,1H3,(H,18,19). The van der Waals surface area contributed by atoms with Crippen molar-refractivity contribution in [3.05, 3.63) is 52.4 Å². The third-order valence-corrected chi connectivity index (χ3v) is 4.08. The number of amides is 1. The molecule has 0 fully saturated rings. The molecule has 21 heavy (non-hydrogen) atoms. The molecule has 1 aliphatic rings. The number of methoxy groups -OCH3 is 1. The van der Waals surface area contributed by atoms with Gasteiger partial charge in [0, 0.05) is 17.5 Å². The summed E-state index contributed by atoms with van der Waals surface area (Å²) in [5.74, 6) is 1.33. The normalized spacial score (nSPS) is 17.1. The number of aryl methyl sites for hydroxylation is 1. The van der Waals surface area contributed by atoms with Gasteiger partial charge in [-0.15, -0.1) is 0 Å². The minimum absolute atomic E-state index is 0.00155. The Morgan fingerprint density at radius 2 is 2.29 bits per heavy atom. The number of nitrogens with one attached hydrogen (secondary N) is 1. The summed E-state index contributed by atoms with van der Waals surface area (Å²) in [6, 6.07) is 6.94. The quantitative estimate of drug-likeness (QED) is 0.939. The number of carbonyl (C=O) groups excluding carboxylic acids is 1. The summed E-state index contributed by atoms with van der Waals surface area (Å²) in [4.78, 5) is 12.4. The number of hydrogen-bond donors (Lipinski definition) is 1. The number of ether oxygens (including phenoxy) is 1. The van der Waals surface area contributed by atoms with E-state index in [0.717, 1.165) is 30.6 Å². The lowest BCUT2D eigenvalue weighted by molar-refractivity contribution is 0.0932. The van der Waals surface area contributed by atoms with Crippen LogP contribution in [0.1, 0.15) is 40.6 Å². The van der Waals surface area contributed by atoms with Crippen molar-refractivity contribution in [2.45, 2.75) is 25.3 Å². The van der Waals surface area contributed by atoms with Crippen molar-refractivity contribution in [2.24, 2.45) is 0 Å². The second-order valence-electron chi connectivity index (χ2n) is 5.07. The van der Waals surface area contributed by atoms with Crippen LogP contribution < -0.4 is 10.1 Å². The van der Waals surface area contributed by atoms with Gasteiger partial charge >= 0.3 is 0 Å². The van der Waals surface area contributed by atoms with Crippen LogP contribution >= 0.6 is 11.6 Å². The number of rotatable bonds is 3. The van der Waals surface area contributed by atoms with Crippen molar-refractivity contribution in [2.75, 3.05) is 7.11 Å². The summed E-state index contributed by atoms with van der Waals surface area (Å²) in [6.45, 7) is 0. The zero-order valence-corrected chi connectivity index (χ0v) is 12.4. The molecule has 1 aromatic carbocycles. The number of fused-ring (bicyclic) bond motifs is 1. The van der Waals surface area contributed by atoms with Crippen molar-refractivity contribution in [3.63, 3.8) is 0 Å². The van der Waals surface area contributed by atoms with Crippen molar-refractivity contribution < 1.29 is 13.9 Å². The fourth-order valence-corrected chi connectivity index (χ4v) is 2.87. The highest BCUT2D eigenvalue weighted by molar-refractivity contribution is 6.32. The van der Waals surface area contributed by atoms with Gasteiger partial charge in [0.15, 0.2) is 0 Å². The van der Waals surface area contributed by atoms with Crippen LogP contribution in [-0.2, 0) is 6.42 Å². The SMILES string of the molecule is COc1cc(C(=O)NC2CCCc3occc32)ccc1Cl. The van der Waals surface area contributed by atoms with Gasteiger partial charge < -0.3 is 14.5 Å². The molecule has 4 nitrogen and oxygen atoms in total. The van der Waals surface area contributed by atoms with E-state index in [1.165, 1.54) is 7.11 Å². The van der Waals surface area contributed by atoms with Crippen molar-refractivity contribution in [1.82, 2.24) is 5.32 Å². The molecule has 0 saturated heterocycles. The Labute approximate surface area is 128 Å². The number of halogens is 1. The van der Waals surface area contributed by atoms with Gasteiger partial charge in [-0.1, -0.05) is 11.6 Å². The number of carbonyl (C=O) groups is 1. The van der Waals surface area contributed by atoms with E-state index < -0.39 is 0 Å². The molecule has 2 aromatic rings. The monoisotopic (exact) mass is 305 g/mol. The second kappa shape index (κ2) is 5.82. The lowest BCUT2D eigenvalue weighted by atomic mass is 9.93. The van der Waals surface area contributed by atoms with Gasteiger partial charge in [-0.3, -0.25) is 4.79 Å². The topological polar surface area (TPSA) is 51.5 Å². The van der Waals surface area contributed by atoms with Gasteiger partial charge in [-0.05, 0) is 37.1 Å². The molecular weight excluding hydrogens is 290 g/mol. The van der Waals surface area contributed by atoms with Gasteiger partial charge in [0.25, 0.3) is 5.91 Å². The van der Waals surface area contributed by atoms with E-state index in [-0.39, 0.29) is 11.9 Å². The molecule has 1 atom stereocenters. The van der Waals surface area contributed by atoms with E-state index in [2.05, 4.69) is 5.32 Å². The van der Waals surface area contributed by atoms with Crippen LogP contribution in [0, 0.1) is 0 Å². The van der Waals surface area contributed by atoms with E-state index in [1.54, 1.807) is 24.5 Å². The van der Waals surface area contributed by atoms with E-state index in [1.807, 2.05) is 6.07 Å². The van der Waals surface area contributed by atoms with Crippen LogP contribution in [0.5, 0.6) is 5.75 Å². The van der Waals surface area contributed by atoms with Crippen molar-refractivity contribution in [3.8, 4) is 5.75 Å². The second-order valence-corrected chi connectivity index (χ2v) is 5.47. The van der Waals surface area contributed by atoms with Crippen LogP contribution in [0.3, 0.4) is 0 Å². The first-order valence-electron chi connectivity index (χ1n) is 6.89. The molecule has 1 aliphatic carbocycles. The lowest BCUT2D eigenvalue weighted by Gasteiger charge is -2.22. The Morgan fingerprint density at radius 3 is 3.10 bits per heavy atom. The molecule has 3 rings (SSSR count). The highest BCUT2D eigenvalue weighted by Gasteiger charge is 2.24. The Hall–Kier alpha value is -1.94. The minimum Gasteiger partial charge on any atom is -0.495 e. The maximum absolute atomic E-state index is 12.4. The first-order chi connectivity index (χ1) is 10.2. The molecule has 1 heterocycles. The van der Waals surface area contributed by atoms with Gasteiger partial charge in [0.1, 0.15) is 11.5 Å². The summed E-state index contributed by atoms with van der Waals surface area (Å²) in [5.41, 5.74) is 1.61. The van der Waals surface area contributed by atoms with Gasteiger partial charge in [0.2, 0.25) is 0 Å². The molecule has 110 valence electrons. The molecule has 0 aliphatic heterocycles. The summed E-state index contributed by atoms with van der Waals surface area (Å²) >= 11 is 5.98. The summed E-state index contributed by atoms with van der Waals surface area (Å²) in [6.07, 6.45) is 4.54. The van der Waals surface area contributed by atoms with Crippen molar-refractivity contribution >= 4 is 17.5 Å². The van der Waals surface area contributed by atoms with E-state index in [0.29, 0.717) is 16.3 Å². The highest BCUT2D eigenvalue weighted by atomic mass is 35.5. The zero-order chi connectivity index (χ0) is 14.8. The van der Waals surface area contributed by atoms with Crippen LogP contribution in [0.2, 0.25) is 5.02 Å². The number of hydrogen-bond acceptors (Lipinski definition) is 3. The Morgan fingerprint density at radius 1 is 1.43 bits per heavy atom. The third-order valence-electron chi connectivity index (χ3n) is 3.77. The van der Waals surface area contributed by atoms with E-state index >= 15 is 0 Å². The Kier molecular flexibility index (Phi) is 3.88.